The molecule has 0 aliphatic rings. The molecule has 0 aromatic carbocycles. The Kier molecular flexibility index (Phi) is 6.87. The zero-order chi connectivity index (χ0) is 15.8. The highest BCUT2D eigenvalue weighted by Crippen LogP contribution is 2.10. The van der Waals surface area contributed by atoms with Gasteiger partial charge in [-0.15, -0.1) is 11.3 Å². The molecule has 1 rings (SSSR count). The summed E-state index contributed by atoms with van der Waals surface area (Å²) < 4.78 is 0. The SMILES string of the molecule is CC(CCCNC(=O)CN(C)C(=O)c1cccs1)C(=O)O. The summed E-state index contributed by atoms with van der Waals surface area (Å²) in [6.07, 6.45) is 1.11. The number of carboxylic acid groups (broad SMARTS) is 1. The molecule has 1 heterocycles. The average Bonchev–Trinajstić information content (AvgIpc) is 2.96. The Bertz CT molecular complexity index is 487. The Balaban J connectivity index is 2.24. The molecule has 7 heteroatoms. The van der Waals surface area contributed by atoms with Crippen molar-refractivity contribution < 1.29 is 19.5 Å². The number of thiophene rings is 1. The fourth-order valence-electron chi connectivity index (χ4n) is 1.69. The Morgan fingerprint density at radius 3 is 2.71 bits per heavy atom. The molecule has 1 aromatic heterocycles. The molecule has 0 fully saturated rings. The van der Waals surface area contributed by atoms with E-state index in [9.17, 15) is 14.4 Å². The molecule has 0 bridgehead atoms. The number of carboxylic acids is 1. The van der Waals surface area contributed by atoms with E-state index in [2.05, 4.69) is 5.32 Å². The largest absolute Gasteiger partial charge is 0.481 e. The van der Waals surface area contributed by atoms with E-state index in [1.165, 1.54) is 16.2 Å². The van der Waals surface area contributed by atoms with Gasteiger partial charge in [-0.1, -0.05) is 13.0 Å². The molecule has 0 aliphatic heterocycles. The van der Waals surface area contributed by atoms with Gasteiger partial charge in [0, 0.05) is 13.6 Å². The molecule has 2 amide bonds. The molecule has 0 spiro atoms. The molecular formula is C14H20N2O4S. The zero-order valence-corrected chi connectivity index (χ0v) is 13.0. The van der Waals surface area contributed by atoms with Crippen LogP contribution in [-0.4, -0.2) is 47.9 Å². The van der Waals surface area contributed by atoms with Gasteiger partial charge < -0.3 is 15.3 Å². The van der Waals surface area contributed by atoms with Crippen molar-refractivity contribution in [2.24, 2.45) is 5.92 Å². The van der Waals surface area contributed by atoms with Crippen molar-refractivity contribution >= 4 is 29.1 Å². The molecule has 0 saturated carbocycles. The van der Waals surface area contributed by atoms with E-state index in [0.717, 1.165) is 0 Å². The number of nitrogens with zero attached hydrogens (tertiary/aromatic N) is 1. The van der Waals surface area contributed by atoms with Gasteiger partial charge in [0.2, 0.25) is 5.91 Å². The van der Waals surface area contributed by atoms with Crippen molar-refractivity contribution in [3.63, 3.8) is 0 Å². The minimum absolute atomic E-state index is 0.00871. The first-order valence-corrected chi connectivity index (χ1v) is 7.58. The van der Waals surface area contributed by atoms with E-state index < -0.39 is 11.9 Å². The molecule has 1 atom stereocenters. The van der Waals surface area contributed by atoms with Crippen LogP contribution >= 0.6 is 11.3 Å². The van der Waals surface area contributed by atoms with Gasteiger partial charge in [-0.05, 0) is 24.3 Å². The minimum atomic E-state index is -0.831. The fourth-order valence-corrected chi connectivity index (χ4v) is 2.41. The minimum Gasteiger partial charge on any atom is -0.481 e. The van der Waals surface area contributed by atoms with Crippen molar-refractivity contribution in [2.45, 2.75) is 19.8 Å². The number of likely N-dealkylation sites (N-methyl/N-ethyl adjacent to an activating group) is 1. The number of rotatable bonds is 8. The van der Waals surface area contributed by atoms with Crippen LogP contribution in [0.25, 0.3) is 0 Å². The Morgan fingerprint density at radius 1 is 1.43 bits per heavy atom. The normalized spacial score (nSPS) is 11.7. The van der Waals surface area contributed by atoms with Gasteiger partial charge >= 0.3 is 5.97 Å². The summed E-state index contributed by atoms with van der Waals surface area (Å²) >= 11 is 1.34. The van der Waals surface area contributed by atoms with Crippen LogP contribution in [0.1, 0.15) is 29.4 Å². The smallest absolute Gasteiger partial charge is 0.306 e. The van der Waals surface area contributed by atoms with Gasteiger partial charge in [0.1, 0.15) is 0 Å². The zero-order valence-electron chi connectivity index (χ0n) is 12.2. The summed E-state index contributed by atoms with van der Waals surface area (Å²) in [5, 5.41) is 13.2. The summed E-state index contributed by atoms with van der Waals surface area (Å²) in [5.74, 6) is -1.67. The van der Waals surface area contributed by atoms with Gasteiger partial charge in [-0.25, -0.2) is 0 Å². The maximum Gasteiger partial charge on any atom is 0.306 e. The van der Waals surface area contributed by atoms with Crippen molar-refractivity contribution in [3.05, 3.63) is 22.4 Å². The van der Waals surface area contributed by atoms with Crippen LogP contribution in [0.5, 0.6) is 0 Å². The van der Waals surface area contributed by atoms with E-state index in [1.807, 2.05) is 5.38 Å². The first-order chi connectivity index (χ1) is 9.91. The van der Waals surface area contributed by atoms with Crippen LogP contribution in [0, 0.1) is 5.92 Å². The van der Waals surface area contributed by atoms with E-state index in [-0.39, 0.29) is 18.4 Å². The Labute approximate surface area is 127 Å². The van der Waals surface area contributed by atoms with Gasteiger partial charge in [0.25, 0.3) is 5.91 Å². The lowest BCUT2D eigenvalue weighted by Gasteiger charge is -2.16. The third-order valence-electron chi connectivity index (χ3n) is 3.02. The maximum atomic E-state index is 11.9. The quantitative estimate of drug-likeness (QED) is 0.711. The second-order valence-corrected chi connectivity index (χ2v) is 5.82. The topological polar surface area (TPSA) is 86.7 Å². The van der Waals surface area contributed by atoms with E-state index in [0.29, 0.717) is 24.3 Å². The van der Waals surface area contributed by atoms with Crippen LogP contribution in [-0.2, 0) is 9.59 Å². The van der Waals surface area contributed by atoms with Gasteiger partial charge in [-0.2, -0.15) is 0 Å². The average molecular weight is 312 g/mol. The lowest BCUT2D eigenvalue weighted by molar-refractivity contribution is -0.141. The van der Waals surface area contributed by atoms with Crippen LogP contribution in [0.15, 0.2) is 17.5 Å². The highest BCUT2D eigenvalue weighted by Gasteiger charge is 2.15. The second kappa shape index (κ2) is 8.41. The Hall–Kier alpha value is -1.89. The first-order valence-electron chi connectivity index (χ1n) is 6.70. The lowest BCUT2D eigenvalue weighted by Crippen LogP contribution is -2.38. The van der Waals surface area contributed by atoms with E-state index in [4.69, 9.17) is 5.11 Å². The molecule has 116 valence electrons. The van der Waals surface area contributed by atoms with Gasteiger partial charge in [0.05, 0.1) is 17.3 Å². The predicted octanol–water partition coefficient (Wildman–Crippen LogP) is 1.44. The molecule has 0 aliphatic carbocycles. The molecular weight excluding hydrogens is 292 g/mol. The van der Waals surface area contributed by atoms with Crippen molar-refractivity contribution in [1.29, 1.82) is 0 Å². The number of carbonyl (C=O) groups is 3. The lowest BCUT2D eigenvalue weighted by atomic mass is 10.1. The van der Waals surface area contributed by atoms with Crippen LogP contribution in [0.4, 0.5) is 0 Å². The summed E-state index contributed by atoms with van der Waals surface area (Å²) in [6, 6.07) is 3.50. The van der Waals surface area contributed by atoms with Gasteiger partial charge in [0.15, 0.2) is 0 Å². The molecule has 0 saturated heterocycles. The second-order valence-electron chi connectivity index (χ2n) is 4.87. The number of nitrogens with one attached hydrogen (secondary N) is 1. The Morgan fingerprint density at radius 2 is 2.14 bits per heavy atom. The first kappa shape index (κ1) is 17.2. The third kappa shape index (κ3) is 5.95. The summed E-state index contributed by atoms with van der Waals surface area (Å²) in [6.45, 7) is 2.04. The number of hydrogen-bond acceptors (Lipinski definition) is 4. The molecule has 1 aromatic rings. The van der Waals surface area contributed by atoms with Gasteiger partial charge in [-0.3, -0.25) is 14.4 Å². The summed E-state index contributed by atoms with van der Waals surface area (Å²) in [5.41, 5.74) is 0. The number of amides is 2. The molecule has 2 N–H and O–H groups in total. The fraction of sp³-hybridized carbons (Fsp3) is 0.500. The van der Waals surface area contributed by atoms with Crippen molar-refractivity contribution in [1.82, 2.24) is 10.2 Å². The van der Waals surface area contributed by atoms with E-state index >= 15 is 0 Å². The predicted molar refractivity (Wildman–Crippen MR) is 80.3 cm³/mol. The van der Waals surface area contributed by atoms with Crippen LogP contribution < -0.4 is 5.32 Å². The number of carbonyl (C=O) groups excluding carboxylic acids is 2. The molecule has 6 nitrogen and oxygen atoms in total. The van der Waals surface area contributed by atoms with Crippen molar-refractivity contribution in [3.8, 4) is 0 Å². The van der Waals surface area contributed by atoms with Crippen molar-refractivity contribution in [2.75, 3.05) is 20.1 Å². The van der Waals surface area contributed by atoms with Crippen LogP contribution in [0.2, 0.25) is 0 Å². The number of hydrogen-bond donors (Lipinski definition) is 2. The standard InChI is InChI=1S/C14H20N2O4S/c1-10(14(19)20)5-3-7-15-12(17)9-16(2)13(18)11-6-4-8-21-11/h4,6,8,10H,3,5,7,9H2,1-2H3,(H,15,17)(H,19,20). The highest BCUT2D eigenvalue weighted by atomic mass is 32.1. The molecule has 21 heavy (non-hydrogen) atoms. The van der Waals surface area contributed by atoms with Crippen LogP contribution in [0.3, 0.4) is 0 Å². The summed E-state index contributed by atoms with van der Waals surface area (Å²) in [4.78, 5) is 36.2. The number of aliphatic carboxylic acids is 1. The monoisotopic (exact) mass is 312 g/mol. The van der Waals surface area contributed by atoms with E-state index in [1.54, 1.807) is 26.1 Å². The molecule has 0 radical (unpaired) electrons. The molecule has 1 unspecified atom stereocenters. The summed E-state index contributed by atoms with van der Waals surface area (Å²) in [7, 11) is 1.58. The highest BCUT2D eigenvalue weighted by molar-refractivity contribution is 7.12. The third-order valence-corrected chi connectivity index (χ3v) is 3.87. The maximum absolute atomic E-state index is 11.9.